The average molecular weight is 196 g/mol. The second kappa shape index (κ2) is 3.84. The van der Waals surface area contributed by atoms with Crippen LogP contribution in [0.5, 0.6) is 0 Å². The Bertz CT molecular complexity index is 202. The van der Waals surface area contributed by atoms with Crippen LogP contribution >= 0.6 is 0 Å². The molecule has 0 aromatic rings. The SMILES string of the molecule is C=C1N(C)C(C)C(C)C(C)C(C)N1C. The molecule has 1 saturated heterocycles. The van der Waals surface area contributed by atoms with Crippen LogP contribution < -0.4 is 0 Å². The Morgan fingerprint density at radius 2 is 1.14 bits per heavy atom. The van der Waals surface area contributed by atoms with Crippen LogP contribution in [0.25, 0.3) is 0 Å². The average Bonchev–Trinajstić information content (AvgIpc) is 2.23. The third-order valence-corrected chi connectivity index (χ3v) is 4.39. The van der Waals surface area contributed by atoms with Crippen LogP contribution in [0.4, 0.5) is 0 Å². The van der Waals surface area contributed by atoms with Crippen molar-refractivity contribution < 1.29 is 0 Å². The Labute approximate surface area is 88.6 Å². The van der Waals surface area contributed by atoms with Crippen LogP contribution in [0.3, 0.4) is 0 Å². The molecule has 14 heavy (non-hydrogen) atoms. The Balaban J connectivity index is 2.98. The van der Waals surface area contributed by atoms with E-state index in [4.69, 9.17) is 0 Å². The van der Waals surface area contributed by atoms with Gasteiger partial charge in [0, 0.05) is 26.2 Å². The standard InChI is InChI=1S/C12H24N2/c1-8-9(2)11(4)14(7)12(5)13(6)10(8)3/h8-11H,5H2,1-4,6-7H3. The van der Waals surface area contributed by atoms with Crippen molar-refractivity contribution in [2.45, 2.75) is 39.8 Å². The summed E-state index contributed by atoms with van der Waals surface area (Å²) in [5.41, 5.74) is 0. The van der Waals surface area contributed by atoms with Gasteiger partial charge in [-0.15, -0.1) is 0 Å². The fraction of sp³-hybridized carbons (Fsp3) is 0.833. The van der Waals surface area contributed by atoms with E-state index in [1.165, 1.54) is 0 Å². The van der Waals surface area contributed by atoms with E-state index in [2.05, 4.69) is 58.2 Å². The van der Waals surface area contributed by atoms with Gasteiger partial charge in [-0.05, 0) is 25.7 Å². The monoisotopic (exact) mass is 196 g/mol. The molecule has 0 saturated carbocycles. The van der Waals surface area contributed by atoms with Crippen molar-refractivity contribution in [1.82, 2.24) is 9.80 Å². The molecular formula is C12H24N2. The van der Waals surface area contributed by atoms with Crippen molar-refractivity contribution in [2.24, 2.45) is 11.8 Å². The molecule has 0 N–H and O–H groups in total. The summed E-state index contributed by atoms with van der Waals surface area (Å²) in [6, 6.07) is 1.15. The van der Waals surface area contributed by atoms with Crippen molar-refractivity contribution in [3.63, 3.8) is 0 Å². The Morgan fingerprint density at radius 3 is 1.43 bits per heavy atom. The highest BCUT2D eigenvalue weighted by molar-refractivity contribution is 5.01. The van der Waals surface area contributed by atoms with Gasteiger partial charge in [-0.3, -0.25) is 0 Å². The predicted octanol–water partition coefficient (Wildman–Crippen LogP) is 2.38. The van der Waals surface area contributed by atoms with Gasteiger partial charge < -0.3 is 9.80 Å². The highest BCUT2D eigenvalue weighted by Gasteiger charge is 2.33. The molecule has 1 rings (SSSR count). The predicted molar refractivity (Wildman–Crippen MR) is 61.9 cm³/mol. The molecule has 4 unspecified atom stereocenters. The van der Waals surface area contributed by atoms with Crippen molar-refractivity contribution in [1.29, 1.82) is 0 Å². The molecule has 0 radical (unpaired) electrons. The summed E-state index contributed by atoms with van der Waals surface area (Å²) in [6.45, 7) is 13.4. The van der Waals surface area contributed by atoms with Crippen molar-refractivity contribution in [3.8, 4) is 0 Å². The second-order valence-corrected chi connectivity index (χ2v) is 4.84. The van der Waals surface area contributed by atoms with E-state index in [-0.39, 0.29) is 0 Å². The van der Waals surface area contributed by atoms with Crippen molar-refractivity contribution in [2.75, 3.05) is 14.1 Å². The normalized spacial score (nSPS) is 40.0. The first-order chi connectivity index (χ1) is 6.37. The van der Waals surface area contributed by atoms with Crippen LogP contribution in [-0.4, -0.2) is 36.0 Å². The minimum Gasteiger partial charge on any atom is -0.359 e. The Morgan fingerprint density at radius 1 is 0.857 bits per heavy atom. The lowest BCUT2D eigenvalue weighted by molar-refractivity contribution is 0.212. The van der Waals surface area contributed by atoms with Crippen LogP contribution in [0.2, 0.25) is 0 Å². The molecule has 0 bridgehead atoms. The Hall–Kier alpha value is -0.660. The van der Waals surface area contributed by atoms with E-state index in [9.17, 15) is 0 Å². The van der Waals surface area contributed by atoms with Gasteiger partial charge in [-0.1, -0.05) is 20.4 Å². The zero-order valence-electron chi connectivity index (χ0n) is 10.4. The molecular weight excluding hydrogens is 172 g/mol. The first-order valence-corrected chi connectivity index (χ1v) is 5.52. The maximum atomic E-state index is 4.16. The van der Waals surface area contributed by atoms with E-state index >= 15 is 0 Å². The molecule has 2 nitrogen and oxygen atoms in total. The number of hydrogen-bond acceptors (Lipinski definition) is 2. The summed E-state index contributed by atoms with van der Waals surface area (Å²) in [5.74, 6) is 2.55. The van der Waals surface area contributed by atoms with Gasteiger partial charge in [-0.2, -0.15) is 0 Å². The van der Waals surface area contributed by atoms with Crippen molar-refractivity contribution in [3.05, 3.63) is 12.4 Å². The maximum Gasteiger partial charge on any atom is 0.0964 e. The van der Waals surface area contributed by atoms with Gasteiger partial charge in [0.25, 0.3) is 0 Å². The Kier molecular flexibility index (Phi) is 3.13. The quantitative estimate of drug-likeness (QED) is 0.587. The fourth-order valence-corrected chi connectivity index (χ4v) is 2.30. The van der Waals surface area contributed by atoms with Crippen LogP contribution in [0.15, 0.2) is 12.4 Å². The van der Waals surface area contributed by atoms with Gasteiger partial charge in [0.15, 0.2) is 0 Å². The zero-order chi connectivity index (χ0) is 11.0. The lowest BCUT2D eigenvalue weighted by Crippen LogP contribution is -2.35. The highest BCUT2D eigenvalue weighted by atomic mass is 15.3. The summed E-state index contributed by atoms with van der Waals surface area (Å²) in [5, 5.41) is 0. The molecule has 1 aliphatic heterocycles. The summed E-state index contributed by atoms with van der Waals surface area (Å²) in [6.07, 6.45) is 0. The highest BCUT2D eigenvalue weighted by Crippen LogP contribution is 2.31. The molecule has 0 aliphatic carbocycles. The third-order valence-electron chi connectivity index (χ3n) is 4.39. The molecule has 1 aliphatic rings. The smallest absolute Gasteiger partial charge is 0.0964 e. The van der Waals surface area contributed by atoms with Crippen molar-refractivity contribution >= 4 is 0 Å². The molecule has 82 valence electrons. The molecule has 1 heterocycles. The molecule has 0 aromatic heterocycles. The summed E-state index contributed by atoms with van der Waals surface area (Å²) in [7, 11) is 4.29. The van der Waals surface area contributed by atoms with Gasteiger partial charge in [-0.25, -0.2) is 0 Å². The number of rotatable bonds is 0. The van der Waals surface area contributed by atoms with E-state index in [0.717, 1.165) is 5.82 Å². The third kappa shape index (κ3) is 1.62. The molecule has 4 atom stereocenters. The fourth-order valence-electron chi connectivity index (χ4n) is 2.30. The second-order valence-electron chi connectivity index (χ2n) is 4.84. The van der Waals surface area contributed by atoms with Gasteiger partial charge in [0.1, 0.15) is 0 Å². The first-order valence-electron chi connectivity index (χ1n) is 5.52. The first kappa shape index (κ1) is 11.4. The molecule has 1 fully saturated rings. The van der Waals surface area contributed by atoms with Gasteiger partial charge >= 0.3 is 0 Å². The largest absolute Gasteiger partial charge is 0.359 e. The summed E-state index contributed by atoms with van der Waals surface area (Å²) >= 11 is 0. The molecule has 0 amide bonds. The van der Waals surface area contributed by atoms with Crippen LogP contribution in [-0.2, 0) is 0 Å². The summed E-state index contributed by atoms with van der Waals surface area (Å²) in [4.78, 5) is 4.59. The van der Waals surface area contributed by atoms with Gasteiger partial charge in [0.2, 0.25) is 0 Å². The van der Waals surface area contributed by atoms with Crippen LogP contribution in [0.1, 0.15) is 27.7 Å². The molecule has 2 heteroatoms. The molecule has 0 aromatic carbocycles. The van der Waals surface area contributed by atoms with E-state index in [1.807, 2.05) is 0 Å². The maximum absolute atomic E-state index is 4.16. The number of nitrogens with zero attached hydrogens (tertiary/aromatic N) is 2. The van der Waals surface area contributed by atoms with Crippen LogP contribution in [0, 0.1) is 11.8 Å². The van der Waals surface area contributed by atoms with E-state index in [1.54, 1.807) is 0 Å². The zero-order valence-corrected chi connectivity index (χ0v) is 10.4. The van der Waals surface area contributed by atoms with E-state index in [0.29, 0.717) is 23.9 Å². The minimum atomic E-state index is 0.574. The lowest BCUT2D eigenvalue weighted by Gasteiger charge is -2.33. The van der Waals surface area contributed by atoms with E-state index < -0.39 is 0 Å². The summed E-state index contributed by atoms with van der Waals surface area (Å²) < 4.78 is 0. The van der Waals surface area contributed by atoms with Gasteiger partial charge in [0.05, 0.1) is 5.82 Å². The lowest BCUT2D eigenvalue weighted by atomic mass is 9.85. The molecule has 0 spiro atoms. The minimum absolute atomic E-state index is 0.574. The number of hydrogen-bond donors (Lipinski definition) is 0. The topological polar surface area (TPSA) is 6.48 Å².